The van der Waals surface area contributed by atoms with Gasteiger partial charge in [0, 0.05) is 37.1 Å². The predicted molar refractivity (Wildman–Crippen MR) is 84.3 cm³/mol. The number of nitrogens with zero attached hydrogens (tertiary/aromatic N) is 2. The molecule has 2 heterocycles. The average Bonchev–Trinajstić information content (AvgIpc) is 2.66. The Labute approximate surface area is 129 Å². The summed E-state index contributed by atoms with van der Waals surface area (Å²) in [4.78, 5) is 12.5. The largest absolute Gasteiger partial charge is 0.492 e. The maximum Gasteiger partial charge on any atom is 0.259 e. The van der Waals surface area contributed by atoms with Gasteiger partial charge in [-0.1, -0.05) is 0 Å². The van der Waals surface area contributed by atoms with Crippen LogP contribution in [0.25, 0.3) is 0 Å². The van der Waals surface area contributed by atoms with Crippen molar-refractivity contribution in [3.63, 3.8) is 0 Å². The first-order valence-electron chi connectivity index (χ1n) is 7.34. The van der Waals surface area contributed by atoms with Crippen LogP contribution in [0.4, 0.5) is 5.69 Å². The van der Waals surface area contributed by atoms with Crippen molar-refractivity contribution >= 4 is 11.6 Å². The second kappa shape index (κ2) is 5.81. The molecule has 0 aliphatic carbocycles. The third-order valence-corrected chi connectivity index (χ3v) is 3.91. The normalized spacial score (nSPS) is 14.0. The van der Waals surface area contributed by atoms with E-state index in [2.05, 4.69) is 15.7 Å². The molecular formula is C16H20N4O2. The second-order valence-corrected chi connectivity index (χ2v) is 5.47. The zero-order valence-corrected chi connectivity index (χ0v) is 13.1. The smallest absolute Gasteiger partial charge is 0.259 e. The third kappa shape index (κ3) is 2.69. The van der Waals surface area contributed by atoms with E-state index >= 15 is 0 Å². The number of fused-ring (bicyclic) bond motifs is 1. The van der Waals surface area contributed by atoms with E-state index in [1.165, 1.54) is 0 Å². The summed E-state index contributed by atoms with van der Waals surface area (Å²) in [5, 5.41) is 10.5. The zero-order chi connectivity index (χ0) is 15.7. The third-order valence-electron chi connectivity index (χ3n) is 3.91. The van der Waals surface area contributed by atoms with Crippen molar-refractivity contribution in [1.29, 1.82) is 0 Å². The lowest BCUT2D eigenvalue weighted by atomic mass is 10.1. The Kier molecular flexibility index (Phi) is 3.85. The molecule has 2 N–H and O–H groups in total. The standard InChI is InChI=1S/C16H20N4O2/c1-10-15(11(2)20(3)19-10)16(21)18-13-4-5-14-12(8-13)9-17-6-7-22-14/h4-5,8,17H,6-7,9H2,1-3H3,(H,18,21). The highest BCUT2D eigenvalue weighted by Crippen LogP contribution is 2.25. The highest BCUT2D eigenvalue weighted by Gasteiger charge is 2.18. The van der Waals surface area contributed by atoms with E-state index in [1.807, 2.05) is 39.1 Å². The van der Waals surface area contributed by atoms with Crippen molar-refractivity contribution in [3.05, 3.63) is 40.7 Å². The molecular weight excluding hydrogens is 280 g/mol. The van der Waals surface area contributed by atoms with E-state index in [1.54, 1.807) is 4.68 Å². The molecule has 0 radical (unpaired) electrons. The SMILES string of the molecule is Cc1nn(C)c(C)c1C(=O)Nc1ccc2c(c1)CNCCO2. The molecule has 1 amide bonds. The summed E-state index contributed by atoms with van der Waals surface area (Å²) in [5.41, 5.74) is 4.03. The number of hydrogen-bond donors (Lipinski definition) is 2. The lowest BCUT2D eigenvalue weighted by molar-refractivity contribution is 0.102. The maximum absolute atomic E-state index is 12.5. The molecule has 0 bridgehead atoms. The van der Waals surface area contributed by atoms with Gasteiger partial charge in [0.05, 0.1) is 11.3 Å². The first-order valence-corrected chi connectivity index (χ1v) is 7.34. The lowest BCUT2D eigenvalue weighted by Gasteiger charge is -2.10. The van der Waals surface area contributed by atoms with Crippen molar-refractivity contribution < 1.29 is 9.53 Å². The van der Waals surface area contributed by atoms with Crippen LogP contribution in [0.3, 0.4) is 0 Å². The molecule has 1 aromatic heterocycles. The molecule has 22 heavy (non-hydrogen) atoms. The van der Waals surface area contributed by atoms with Gasteiger partial charge in [-0.05, 0) is 32.0 Å². The number of aromatic nitrogens is 2. The van der Waals surface area contributed by atoms with Gasteiger partial charge < -0.3 is 15.4 Å². The number of benzene rings is 1. The van der Waals surface area contributed by atoms with Gasteiger partial charge in [0.1, 0.15) is 12.4 Å². The fraction of sp³-hybridized carbons (Fsp3) is 0.375. The Morgan fingerprint density at radius 2 is 2.23 bits per heavy atom. The summed E-state index contributed by atoms with van der Waals surface area (Å²) < 4.78 is 7.37. The van der Waals surface area contributed by atoms with Gasteiger partial charge in [-0.15, -0.1) is 0 Å². The lowest BCUT2D eigenvalue weighted by Crippen LogP contribution is -2.16. The van der Waals surface area contributed by atoms with Crippen LogP contribution in [0, 0.1) is 13.8 Å². The van der Waals surface area contributed by atoms with E-state index in [0.29, 0.717) is 12.2 Å². The average molecular weight is 300 g/mol. The molecule has 3 rings (SSSR count). The summed E-state index contributed by atoms with van der Waals surface area (Å²) in [6.45, 7) is 5.96. The van der Waals surface area contributed by atoms with Gasteiger partial charge in [0.15, 0.2) is 0 Å². The number of carbonyl (C=O) groups is 1. The number of rotatable bonds is 2. The molecule has 116 valence electrons. The molecule has 1 aromatic carbocycles. The number of nitrogens with one attached hydrogen (secondary N) is 2. The van der Waals surface area contributed by atoms with E-state index in [-0.39, 0.29) is 5.91 Å². The summed E-state index contributed by atoms with van der Waals surface area (Å²) >= 11 is 0. The van der Waals surface area contributed by atoms with Gasteiger partial charge >= 0.3 is 0 Å². The zero-order valence-electron chi connectivity index (χ0n) is 13.1. The van der Waals surface area contributed by atoms with Crippen LogP contribution in [-0.4, -0.2) is 28.8 Å². The monoisotopic (exact) mass is 300 g/mol. The molecule has 0 unspecified atom stereocenters. The number of carbonyl (C=O) groups excluding carboxylic acids is 1. The molecule has 2 aromatic rings. The van der Waals surface area contributed by atoms with Crippen LogP contribution >= 0.6 is 0 Å². The van der Waals surface area contributed by atoms with E-state index in [0.717, 1.165) is 41.5 Å². The molecule has 0 fully saturated rings. The van der Waals surface area contributed by atoms with Gasteiger partial charge in [-0.25, -0.2) is 0 Å². The summed E-state index contributed by atoms with van der Waals surface area (Å²) in [7, 11) is 1.84. The fourth-order valence-corrected chi connectivity index (χ4v) is 2.69. The Bertz CT molecular complexity index is 721. The number of anilines is 1. The Hall–Kier alpha value is -2.34. The van der Waals surface area contributed by atoms with Crippen LogP contribution < -0.4 is 15.4 Å². The Morgan fingerprint density at radius 1 is 1.41 bits per heavy atom. The van der Waals surface area contributed by atoms with Gasteiger partial charge in [-0.2, -0.15) is 5.10 Å². The highest BCUT2D eigenvalue weighted by atomic mass is 16.5. The van der Waals surface area contributed by atoms with Crippen LogP contribution in [0.1, 0.15) is 27.3 Å². The summed E-state index contributed by atoms with van der Waals surface area (Å²) in [6, 6.07) is 5.72. The molecule has 6 nitrogen and oxygen atoms in total. The number of hydrogen-bond acceptors (Lipinski definition) is 4. The summed E-state index contributed by atoms with van der Waals surface area (Å²) in [5.74, 6) is 0.738. The quantitative estimate of drug-likeness (QED) is 0.887. The van der Waals surface area contributed by atoms with E-state index in [4.69, 9.17) is 4.74 Å². The molecule has 0 saturated heterocycles. The van der Waals surface area contributed by atoms with Crippen molar-refractivity contribution in [1.82, 2.24) is 15.1 Å². The first-order chi connectivity index (χ1) is 10.6. The minimum absolute atomic E-state index is 0.134. The van der Waals surface area contributed by atoms with Crippen LogP contribution in [0.15, 0.2) is 18.2 Å². The van der Waals surface area contributed by atoms with Gasteiger partial charge in [0.25, 0.3) is 5.91 Å². The number of amides is 1. The van der Waals surface area contributed by atoms with Gasteiger partial charge in [0.2, 0.25) is 0 Å². The highest BCUT2D eigenvalue weighted by molar-refractivity contribution is 6.05. The van der Waals surface area contributed by atoms with Crippen molar-refractivity contribution in [3.8, 4) is 5.75 Å². The predicted octanol–water partition coefficient (Wildman–Crippen LogP) is 1.77. The molecule has 1 aliphatic heterocycles. The minimum atomic E-state index is -0.134. The van der Waals surface area contributed by atoms with Gasteiger partial charge in [-0.3, -0.25) is 9.48 Å². The molecule has 0 saturated carbocycles. The maximum atomic E-state index is 12.5. The summed E-state index contributed by atoms with van der Waals surface area (Å²) in [6.07, 6.45) is 0. The van der Waals surface area contributed by atoms with Crippen molar-refractivity contribution in [2.45, 2.75) is 20.4 Å². The molecule has 1 aliphatic rings. The van der Waals surface area contributed by atoms with Crippen molar-refractivity contribution in [2.24, 2.45) is 7.05 Å². The van der Waals surface area contributed by atoms with E-state index in [9.17, 15) is 4.79 Å². The Morgan fingerprint density at radius 3 is 2.95 bits per heavy atom. The fourth-order valence-electron chi connectivity index (χ4n) is 2.69. The number of aryl methyl sites for hydroxylation is 2. The molecule has 6 heteroatoms. The molecule has 0 atom stereocenters. The topological polar surface area (TPSA) is 68.2 Å². The van der Waals surface area contributed by atoms with Crippen LogP contribution in [-0.2, 0) is 13.6 Å². The van der Waals surface area contributed by atoms with Crippen molar-refractivity contribution in [2.75, 3.05) is 18.5 Å². The van der Waals surface area contributed by atoms with E-state index < -0.39 is 0 Å². The number of ether oxygens (including phenoxy) is 1. The van der Waals surface area contributed by atoms with Crippen LogP contribution in [0.2, 0.25) is 0 Å². The Balaban J connectivity index is 1.84. The van der Waals surface area contributed by atoms with Crippen LogP contribution in [0.5, 0.6) is 5.75 Å². The first kappa shape index (κ1) is 14.6. The second-order valence-electron chi connectivity index (χ2n) is 5.47. The molecule has 0 spiro atoms. The minimum Gasteiger partial charge on any atom is -0.492 e.